The van der Waals surface area contributed by atoms with Gasteiger partial charge in [-0.25, -0.2) is 18.5 Å². The largest absolute Gasteiger partial charge is 0.530 e. The number of aromatic nitrogens is 3. The summed E-state index contributed by atoms with van der Waals surface area (Å²) >= 11 is 6.51. The van der Waals surface area contributed by atoms with E-state index in [4.69, 9.17) is 49.9 Å². The highest BCUT2D eigenvalue weighted by Gasteiger charge is 2.62. The van der Waals surface area contributed by atoms with Gasteiger partial charge in [-0.1, -0.05) is 146 Å². The molecule has 2 aromatic carbocycles. The van der Waals surface area contributed by atoms with Crippen molar-refractivity contribution < 1.29 is 41.5 Å². The first-order valence-electron chi connectivity index (χ1n) is 24.6. The second-order valence-corrected chi connectivity index (χ2v) is 20.8. The highest BCUT2D eigenvalue weighted by molar-refractivity contribution is 7.49. The number of hydrogen-bond acceptors (Lipinski definition) is 12. The van der Waals surface area contributed by atoms with Crippen LogP contribution >= 0.6 is 19.4 Å². The summed E-state index contributed by atoms with van der Waals surface area (Å²) in [5.74, 6) is -1.09. The van der Waals surface area contributed by atoms with Crippen LogP contribution in [-0.2, 0) is 39.2 Å². The van der Waals surface area contributed by atoms with Gasteiger partial charge in [-0.2, -0.15) is 10.4 Å². The van der Waals surface area contributed by atoms with E-state index in [1.165, 1.54) is 108 Å². The minimum Gasteiger partial charge on any atom is -0.402 e. The molecule has 2 aliphatic rings. The Morgan fingerprint density at radius 2 is 1.51 bits per heavy atom. The summed E-state index contributed by atoms with van der Waals surface area (Å²) in [5, 5.41) is 14.1. The predicted molar refractivity (Wildman–Crippen MR) is 258 cm³/mol. The van der Waals surface area contributed by atoms with E-state index in [2.05, 4.69) is 17.0 Å². The van der Waals surface area contributed by atoms with Gasteiger partial charge in [0.15, 0.2) is 11.6 Å². The molecule has 2 fully saturated rings. The standard InChI is InChI=1S/C51H72ClFN5O8P/c1-5-6-7-8-9-10-11-12-13-14-15-16-17-18-19-20-21-22-25-41(60-34-39-30-38(33-54)31-40(53)32-39)35-61-67(59,66-45-27-24-23-26-42(45)52)62-36-51(4)48-47(63-50(2,3)65-48)46(64-51)43-28-29-44-49(55)56-37-57-58(43)44/h23-24,26-32,37,41,46-48H,5-22,25,34-36H2,1-4H3,(H2,55,56,57)/t41?,46-,47-,48-,51+,67?/m0/s1. The van der Waals surface area contributed by atoms with E-state index in [1.807, 2.05) is 32.0 Å². The Morgan fingerprint density at radius 3 is 2.15 bits per heavy atom. The molecule has 2 aliphatic heterocycles. The summed E-state index contributed by atoms with van der Waals surface area (Å²) in [4.78, 5) is 4.11. The highest BCUT2D eigenvalue weighted by atomic mass is 35.5. The quantitative estimate of drug-likeness (QED) is 0.0376. The number of nitrogens with zero attached hydrogens (tertiary/aromatic N) is 4. The van der Waals surface area contributed by atoms with E-state index in [0.29, 0.717) is 29.0 Å². The van der Waals surface area contributed by atoms with Crippen LogP contribution in [0.1, 0.15) is 173 Å². The minimum absolute atomic E-state index is 0.00449. The number of phosphoric ester groups is 1. The molecule has 4 heterocycles. The van der Waals surface area contributed by atoms with Crippen molar-refractivity contribution in [2.75, 3.05) is 18.9 Å². The number of para-hydroxylation sites is 1. The third kappa shape index (κ3) is 15.7. The highest BCUT2D eigenvalue weighted by Crippen LogP contribution is 2.55. The van der Waals surface area contributed by atoms with E-state index >= 15 is 0 Å². The normalized spacial score (nSPS) is 21.3. The van der Waals surface area contributed by atoms with E-state index in [9.17, 15) is 14.2 Å². The van der Waals surface area contributed by atoms with Crippen molar-refractivity contribution in [3.8, 4) is 11.8 Å². The van der Waals surface area contributed by atoms with Crippen molar-refractivity contribution in [1.29, 1.82) is 5.26 Å². The number of anilines is 1. The zero-order valence-electron chi connectivity index (χ0n) is 40.0. The van der Waals surface area contributed by atoms with Gasteiger partial charge in [0.1, 0.15) is 47.3 Å². The number of nitrogens with two attached hydrogens (primary N) is 1. The summed E-state index contributed by atoms with van der Waals surface area (Å²) in [5.41, 5.74) is 6.88. The van der Waals surface area contributed by atoms with Crippen molar-refractivity contribution in [3.63, 3.8) is 0 Å². The second-order valence-electron chi connectivity index (χ2n) is 18.8. The van der Waals surface area contributed by atoms with Crippen molar-refractivity contribution >= 4 is 30.8 Å². The van der Waals surface area contributed by atoms with Crippen molar-refractivity contribution in [1.82, 2.24) is 14.6 Å². The van der Waals surface area contributed by atoms with Gasteiger partial charge in [-0.15, -0.1) is 0 Å². The molecule has 0 spiro atoms. The van der Waals surface area contributed by atoms with Crippen molar-refractivity contribution in [2.24, 2.45) is 0 Å². The summed E-state index contributed by atoms with van der Waals surface area (Å²) in [7, 11) is -4.49. The molecule has 13 nitrogen and oxygen atoms in total. The predicted octanol–water partition coefficient (Wildman–Crippen LogP) is 13.6. The number of hydrogen-bond donors (Lipinski definition) is 1. The van der Waals surface area contributed by atoms with E-state index in [1.54, 1.807) is 41.8 Å². The van der Waals surface area contributed by atoms with Crippen molar-refractivity contribution in [3.05, 3.63) is 88.6 Å². The van der Waals surface area contributed by atoms with Crippen LogP contribution in [-0.4, -0.2) is 57.5 Å². The van der Waals surface area contributed by atoms with E-state index < -0.39 is 49.4 Å². The average molecular weight is 969 g/mol. The lowest BCUT2D eigenvalue weighted by atomic mass is 9.97. The Hall–Kier alpha value is -3.64. The topological polar surface area (TPSA) is 162 Å². The molecule has 0 radical (unpaired) electrons. The zero-order valence-corrected chi connectivity index (χ0v) is 41.6. The van der Waals surface area contributed by atoms with Gasteiger partial charge in [-0.05, 0) is 75.2 Å². The number of halogens is 2. The first kappa shape index (κ1) is 52.7. The lowest BCUT2D eigenvalue weighted by molar-refractivity contribution is -0.212. The van der Waals surface area contributed by atoms with Gasteiger partial charge in [-0.3, -0.25) is 9.05 Å². The molecule has 16 heteroatoms. The summed E-state index contributed by atoms with van der Waals surface area (Å²) in [6.07, 6.45) is 22.2. The van der Waals surface area contributed by atoms with Crippen LogP contribution in [0.4, 0.5) is 10.2 Å². The fourth-order valence-electron chi connectivity index (χ4n) is 9.05. The zero-order chi connectivity index (χ0) is 47.7. The van der Waals surface area contributed by atoms with Gasteiger partial charge >= 0.3 is 7.82 Å². The molecular weight excluding hydrogens is 896 g/mol. The Bertz CT molecular complexity index is 2240. The number of benzene rings is 2. The summed E-state index contributed by atoms with van der Waals surface area (Å²) in [6, 6.07) is 16.4. The number of rotatable bonds is 31. The van der Waals surface area contributed by atoms with Crippen LogP contribution < -0.4 is 10.3 Å². The van der Waals surface area contributed by atoms with Gasteiger partial charge < -0.3 is 29.2 Å². The lowest BCUT2D eigenvalue weighted by Gasteiger charge is -2.32. The molecule has 0 saturated carbocycles. The molecule has 6 rings (SSSR count). The molecule has 2 saturated heterocycles. The Morgan fingerprint density at radius 1 is 0.866 bits per heavy atom. The number of fused-ring (bicyclic) bond motifs is 2. The van der Waals surface area contributed by atoms with E-state index in [0.717, 1.165) is 25.7 Å². The lowest BCUT2D eigenvalue weighted by Crippen LogP contribution is -2.44. The summed E-state index contributed by atoms with van der Waals surface area (Å²) in [6.45, 7) is 7.23. The van der Waals surface area contributed by atoms with E-state index in [-0.39, 0.29) is 36.2 Å². The van der Waals surface area contributed by atoms with Crippen LogP contribution in [0.3, 0.4) is 0 Å². The number of phosphoric acid groups is 1. The number of nitrogen functional groups attached to an aromatic ring is 1. The first-order valence-corrected chi connectivity index (χ1v) is 26.4. The number of unbranched alkanes of at least 4 members (excludes halogenated alkanes) is 17. The van der Waals surface area contributed by atoms with Crippen LogP contribution in [0, 0.1) is 17.1 Å². The van der Waals surface area contributed by atoms with Crippen LogP contribution in [0.15, 0.2) is 60.9 Å². The fraction of sp³-hybridized carbons (Fsp3) is 0.627. The molecule has 368 valence electrons. The molecule has 2 N–H and O–H groups in total. The Labute approximate surface area is 402 Å². The van der Waals surface area contributed by atoms with Crippen molar-refractivity contribution in [2.45, 2.75) is 192 Å². The molecule has 2 unspecified atom stereocenters. The van der Waals surface area contributed by atoms with Crippen LogP contribution in [0.25, 0.3) is 5.52 Å². The third-order valence-corrected chi connectivity index (χ3v) is 14.3. The van der Waals surface area contributed by atoms with Gasteiger partial charge in [0, 0.05) is 0 Å². The monoisotopic (exact) mass is 967 g/mol. The average Bonchev–Trinajstić information content (AvgIpc) is 3.97. The first-order chi connectivity index (χ1) is 32.3. The molecule has 0 aliphatic carbocycles. The minimum atomic E-state index is -4.49. The molecule has 0 amide bonds. The maximum Gasteiger partial charge on any atom is 0.530 e. The Balaban J connectivity index is 1.06. The maximum atomic E-state index is 14.9. The molecule has 6 atom stereocenters. The maximum absolute atomic E-state index is 14.9. The second kappa shape index (κ2) is 25.8. The molecule has 67 heavy (non-hydrogen) atoms. The SMILES string of the molecule is CCCCCCCCCCCCCCCCCCCCC(COP(=O)(OC[C@@]1(C)O[C@@H](c2ccc3c(N)ncnn23)[C@@H]2OC(C)(C)O[C@@H]21)Oc1ccccc1Cl)OCc1cc(F)cc(C#N)c1. The fourth-order valence-corrected chi connectivity index (χ4v) is 10.6. The number of ether oxygens (including phenoxy) is 4. The third-order valence-electron chi connectivity index (χ3n) is 12.7. The molecule has 0 bridgehead atoms. The van der Waals surface area contributed by atoms with Crippen LogP contribution in [0.5, 0.6) is 5.75 Å². The summed E-state index contributed by atoms with van der Waals surface area (Å²) < 4.78 is 75.3. The molecule has 2 aromatic heterocycles. The van der Waals surface area contributed by atoms with Gasteiger partial charge in [0.2, 0.25) is 0 Å². The van der Waals surface area contributed by atoms with Crippen LogP contribution in [0.2, 0.25) is 5.02 Å². The smallest absolute Gasteiger partial charge is 0.402 e. The Kier molecular flexibility index (Phi) is 20.3. The molecule has 4 aromatic rings. The van der Waals surface area contributed by atoms with Gasteiger partial charge in [0.25, 0.3) is 0 Å². The number of nitriles is 1. The van der Waals surface area contributed by atoms with Gasteiger partial charge in [0.05, 0.1) is 48.3 Å². The molecular formula is C51H72ClFN5O8P.